The topological polar surface area (TPSA) is 24.9 Å². The van der Waals surface area contributed by atoms with Crippen LogP contribution in [0.5, 0.6) is 0 Å². The summed E-state index contributed by atoms with van der Waals surface area (Å²) < 4.78 is 0. The van der Waals surface area contributed by atoms with Crippen LogP contribution in [0.25, 0.3) is 0 Å². The summed E-state index contributed by atoms with van der Waals surface area (Å²) in [4.78, 5) is 4.55. The summed E-state index contributed by atoms with van der Waals surface area (Å²) in [5.74, 6) is 0. The number of thiazole rings is 1. The average Bonchev–Trinajstić information content (AvgIpc) is 2.86. The molecule has 0 saturated heterocycles. The van der Waals surface area contributed by atoms with Crippen LogP contribution in [0.3, 0.4) is 0 Å². The molecule has 0 amide bonds. The van der Waals surface area contributed by atoms with Gasteiger partial charge in [-0.25, -0.2) is 4.98 Å². The van der Waals surface area contributed by atoms with E-state index < -0.39 is 0 Å². The Labute approximate surface area is 106 Å². The molecule has 0 radical (unpaired) electrons. The van der Waals surface area contributed by atoms with Crippen molar-refractivity contribution < 1.29 is 0 Å². The second-order valence-electron chi connectivity index (χ2n) is 4.49. The van der Waals surface area contributed by atoms with E-state index in [1.165, 1.54) is 25.0 Å². The van der Waals surface area contributed by atoms with Crippen molar-refractivity contribution in [2.75, 3.05) is 6.26 Å². The zero-order chi connectivity index (χ0) is 11.5. The quantitative estimate of drug-likeness (QED) is 0.894. The van der Waals surface area contributed by atoms with E-state index in [-0.39, 0.29) is 0 Å². The maximum atomic E-state index is 4.55. The Bertz CT molecular complexity index is 338. The molecule has 16 heavy (non-hydrogen) atoms. The summed E-state index contributed by atoms with van der Waals surface area (Å²) in [6.45, 7) is 4.30. The van der Waals surface area contributed by atoms with Gasteiger partial charge in [0.2, 0.25) is 0 Å². The predicted molar refractivity (Wildman–Crippen MR) is 73.3 cm³/mol. The number of nitrogens with one attached hydrogen (secondary N) is 1. The number of aryl methyl sites for hydroxylation is 1. The molecular weight excluding hydrogens is 236 g/mol. The van der Waals surface area contributed by atoms with Crippen LogP contribution in [0, 0.1) is 6.92 Å². The molecule has 1 fully saturated rings. The molecule has 1 aliphatic rings. The Morgan fingerprint density at radius 1 is 1.56 bits per heavy atom. The molecule has 1 heterocycles. The molecule has 1 aromatic heterocycles. The molecule has 1 aliphatic carbocycles. The number of rotatable bonds is 4. The molecule has 0 aromatic carbocycles. The van der Waals surface area contributed by atoms with Gasteiger partial charge in [-0.1, -0.05) is 6.42 Å². The largest absolute Gasteiger partial charge is 0.305 e. The van der Waals surface area contributed by atoms with Gasteiger partial charge in [0, 0.05) is 22.7 Å². The van der Waals surface area contributed by atoms with Crippen molar-refractivity contribution >= 4 is 23.1 Å². The molecule has 3 unspecified atom stereocenters. The van der Waals surface area contributed by atoms with Crippen LogP contribution >= 0.6 is 23.1 Å². The van der Waals surface area contributed by atoms with Gasteiger partial charge in [-0.15, -0.1) is 11.3 Å². The van der Waals surface area contributed by atoms with E-state index in [4.69, 9.17) is 0 Å². The molecule has 2 nitrogen and oxygen atoms in total. The minimum Gasteiger partial charge on any atom is -0.305 e. The fraction of sp³-hybridized carbons (Fsp3) is 0.750. The van der Waals surface area contributed by atoms with Crippen LogP contribution in [-0.4, -0.2) is 22.5 Å². The van der Waals surface area contributed by atoms with Crippen molar-refractivity contribution in [2.45, 2.75) is 50.4 Å². The summed E-state index contributed by atoms with van der Waals surface area (Å²) in [5.41, 5.74) is 1.20. The molecule has 0 spiro atoms. The van der Waals surface area contributed by atoms with Gasteiger partial charge in [0.15, 0.2) is 0 Å². The molecule has 1 aromatic rings. The molecule has 2 rings (SSSR count). The van der Waals surface area contributed by atoms with E-state index >= 15 is 0 Å². The van der Waals surface area contributed by atoms with E-state index in [0.29, 0.717) is 12.1 Å². The van der Waals surface area contributed by atoms with Gasteiger partial charge in [-0.3, -0.25) is 0 Å². The van der Waals surface area contributed by atoms with Crippen molar-refractivity contribution in [3.63, 3.8) is 0 Å². The van der Waals surface area contributed by atoms with Gasteiger partial charge >= 0.3 is 0 Å². The lowest BCUT2D eigenvalue weighted by Crippen LogP contribution is -2.35. The first-order chi connectivity index (χ1) is 7.70. The van der Waals surface area contributed by atoms with Gasteiger partial charge in [0.25, 0.3) is 0 Å². The van der Waals surface area contributed by atoms with Crippen molar-refractivity contribution in [3.05, 3.63) is 16.1 Å². The summed E-state index contributed by atoms with van der Waals surface area (Å²) in [6, 6.07) is 1.06. The average molecular weight is 256 g/mol. The minimum absolute atomic E-state index is 0.391. The Morgan fingerprint density at radius 3 is 3.00 bits per heavy atom. The number of aromatic nitrogens is 1. The minimum atomic E-state index is 0.391. The standard InChI is InChI=1S/C12H20N2S2/c1-8(11-7-16-9(2)14-11)13-10-5-4-6-12(10)15-3/h7-8,10,12-13H,4-6H2,1-3H3. The monoisotopic (exact) mass is 256 g/mol. The second-order valence-corrected chi connectivity index (χ2v) is 6.63. The summed E-state index contributed by atoms with van der Waals surface area (Å²) in [6.07, 6.45) is 6.27. The fourth-order valence-electron chi connectivity index (χ4n) is 2.38. The summed E-state index contributed by atoms with van der Waals surface area (Å²) in [7, 11) is 0. The molecule has 90 valence electrons. The van der Waals surface area contributed by atoms with Crippen molar-refractivity contribution in [1.82, 2.24) is 10.3 Å². The van der Waals surface area contributed by atoms with E-state index in [1.807, 2.05) is 11.8 Å². The molecule has 1 N–H and O–H groups in total. The molecular formula is C12H20N2S2. The SMILES string of the molecule is CSC1CCCC1NC(C)c1csc(C)n1. The van der Waals surface area contributed by atoms with Gasteiger partial charge in [0.1, 0.15) is 0 Å². The van der Waals surface area contributed by atoms with Crippen molar-refractivity contribution in [2.24, 2.45) is 0 Å². The lowest BCUT2D eigenvalue weighted by atomic mass is 10.2. The first kappa shape index (κ1) is 12.4. The van der Waals surface area contributed by atoms with Gasteiger partial charge in [-0.2, -0.15) is 11.8 Å². The number of thioether (sulfide) groups is 1. The van der Waals surface area contributed by atoms with Crippen LogP contribution in [0.15, 0.2) is 5.38 Å². The fourth-order valence-corrected chi connectivity index (χ4v) is 4.04. The van der Waals surface area contributed by atoms with Crippen LogP contribution in [0.2, 0.25) is 0 Å². The Kier molecular flexibility index (Phi) is 4.27. The van der Waals surface area contributed by atoms with E-state index in [9.17, 15) is 0 Å². The predicted octanol–water partition coefficient (Wildman–Crippen LogP) is 3.39. The highest BCUT2D eigenvalue weighted by molar-refractivity contribution is 7.99. The van der Waals surface area contributed by atoms with E-state index in [0.717, 1.165) is 10.3 Å². The third-order valence-corrected chi connectivity index (χ3v) is 5.26. The Balaban J connectivity index is 1.94. The lowest BCUT2D eigenvalue weighted by molar-refractivity contribution is 0.462. The zero-order valence-electron chi connectivity index (χ0n) is 10.2. The highest BCUT2D eigenvalue weighted by Gasteiger charge is 2.27. The summed E-state index contributed by atoms with van der Waals surface area (Å²) in [5, 5.41) is 7.87. The molecule has 0 bridgehead atoms. The maximum absolute atomic E-state index is 4.55. The number of nitrogens with zero attached hydrogens (tertiary/aromatic N) is 1. The third kappa shape index (κ3) is 2.79. The van der Waals surface area contributed by atoms with E-state index in [2.05, 4.69) is 35.8 Å². The van der Waals surface area contributed by atoms with Crippen LogP contribution in [0.4, 0.5) is 0 Å². The van der Waals surface area contributed by atoms with Crippen LogP contribution in [-0.2, 0) is 0 Å². The van der Waals surface area contributed by atoms with E-state index in [1.54, 1.807) is 11.3 Å². The smallest absolute Gasteiger partial charge is 0.0898 e. The van der Waals surface area contributed by atoms with Crippen molar-refractivity contribution in [1.29, 1.82) is 0 Å². The molecule has 3 atom stereocenters. The first-order valence-electron chi connectivity index (χ1n) is 5.91. The number of hydrogen-bond donors (Lipinski definition) is 1. The van der Waals surface area contributed by atoms with Crippen molar-refractivity contribution in [3.8, 4) is 0 Å². The van der Waals surface area contributed by atoms with Gasteiger partial charge < -0.3 is 5.32 Å². The van der Waals surface area contributed by atoms with Crippen LogP contribution in [0.1, 0.15) is 42.9 Å². The maximum Gasteiger partial charge on any atom is 0.0898 e. The van der Waals surface area contributed by atoms with Gasteiger partial charge in [-0.05, 0) is 32.9 Å². The molecule has 4 heteroatoms. The third-order valence-electron chi connectivity index (χ3n) is 3.30. The van der Waals surface area contributed by atoms with Gasteiger partial charge in [0.05, 0.1) is 10.7 Å². The summed E-state index contributed by atoms with van der Waals surface area (Å²) >= 11 is 3.74. The zero-order valence-corrected chi connectivity index (χ0v) is 11.8. The van der Waals surface area contributed by atoms with Crippen LogP contribution < -0.4 is 5.32 Å². The lowest BCUT2D eigenvalue weighted by Gasteiger charge is -2.23. The second kappa shape index (κ2) is 5.52. The Morgan fingerprint density at radius 2 is 2.38 bits per heavy atom. The highest BCUT2D eigenvalue weighted by atomic mass is 32.2. The molecule has 0 aliphatic heterocycles. The highest BCUT2D eigenvalue weighted by Crippen LogP contribution is 2.30. The molecule has 1 saturated carbocycles. The first-order valence-corrected chi connectivity index (χ1v) is 8.08. The normalized spacial score (nSPS) is 27.2. The Hall–Kier alpha value is -0.0600. The number of hydrogen-bond acceptors (Lipinski definition) is 4.